The van der Waals surface area contributed by atoms with Crippen molar-refractivity contribution < 1.29 is 28.1 Å². The second-order valence-electron chi connectivity index (χ2n) is 12.1. The van der Waals surface area contributed by atoms with Crippen LogP contribution in [0.15, 0.2) is 121 Å². The van der Waals surface area contributed by atoms with Crippen molar-refractivity contribution in [3.05, 3.63) is 144 Å². The third-order valence-electron chi connectivity index (χ3n) is 7.31. The third-order valence-corrected chi connectivity index (χ3v) is 8.25. The second kappa shape index (κ2) is 16.2. The van der Waals surface area contributed by atoms with Gasteiger partial charge in [0, 0.05) is 0 Å². The molecule has 44 heavy (non-hydrogen) atoms. The van der Waals surface area contributed by atoms with Crippen molar-refractivity contribution >= 4 is 8.32 Å². The summed E-state index contributed by atoms with van der Waals surface area (Å²) < 4.78 is 39.8. The second-order valence-corrected chi connectivity index (χ2v) is 16.5. The Kier molecular flexibility index (Phi) is 11.9. The van der Waals surface area contributed by atoms with E-state index in [4.69, 9.17) is 28.1 Å². The predicted octanol–water partition coefficient (Wildman–Crippen LogP) is 7.54. The molecule has 7 heteroatoms. The van der Waals surface area contributed by atoms with Crippen molar-refractivity contribution in [3.8, 4) is 0 Å². The topological polar surface area (TPSA) is 55.4 Å². The molecular formula is C37H44O6Si. The van der Waals surface area contributed by atoms with Crippen LogP contribution in [0.2, 0.25) is 19.6 Å². The van der Waals surface area contributed by atoms with Gasteiger partial charge in [-0.15, -0.1) is 0 Å². The molecule has 4 aromatic carbocycles. The Balaban J connectivity index is 1.44. The fourth-order valence-corrected chi connectivity index (χ4v) is 6.08. The fraction of sp³-hybridized carbons (Fsp3) is 0.351. The molecule has 5 atom stereocenters. The van der Waals surface area contributed by atoms with Crippen LogP contribution in [0.25, 0.3) is 0 Å². The van der Waals surface area contributed by atoms with Crippen molar-refractivity contribution in [1.82, 2.24) is 0 Å². The Bertz CT molecular complexity index is 1350. The molecule has 0 spiro atoms. The minimum Gasteiger partial charge on any atom is -0.391 e. The molecular weight excluding hydrogens is 568 g/mol. The van der Waals surface area contributed by atoms with Gasteiger partial charge in [0.25, 0.3) is 0 Å². The summed E-state index contributed by atoms with van der Waals surface area (Å²) in [5.41, 5.74) is 4.31. The van der Waals surface area contributed by atoms with Gasteiger partial charge in [0.05, 0.1) is 33.0 Å². The number of rotatable bonds is 15. The first kappa shape index (κ1) is 32.3. The molecule has 0 unspecified atom stereocenters. The van der Waals surface area contributed by atoms with Crippen LogP contribution in [0.3, 0.4) is 0 Å². The molecule has 1 fully saturated rings. The van der Waals surface area contributed by atoms with Crippen LogP contribution >= 0.6 is 0 Å². The zero-order chi connectivity index (χ0) is 30.6. The first-order valence-electron chi connectivity index (χ1n) is 15.4. The highest BCUT2D eigenvalue weighted by atomic mass is 28.4. The van der Waals surface area contributed by atoms with Crippen LogP contribution < -0.4 is 0 Å². The SMILES string of the molecule is C[Si](C)(C)O[C@H]1O[C@H](COCc2ccccc2)[C@@H](OCc2ccccc2)[C@H](OCc2ccccc2)[C@H]1OCc1ccccc1. The first-order chi connectivity index (χ1) is 21.4. The van der Waals surface area contributed by atoms with Gasteiger partial charge in [0.1, 0.15) is 24.4 Å². The summed E-state index contributed by atoms with van der Waals surface area (Å²) >= 11 is 0. The average Bonchev–Trinajstić information content (AvgIpc) is 3.04. The highest BCUT2D eigenvalue weighted by Crippen LogP contribution is 2.33. The number of hydrogen-bond donors (Lipinski definition) is 0. The van der Waals surface area contributed by atoms with Crippen LogP contribution in [0.5, 0.6) is 0 Å². The molecule has 1 aliphatic rings. The zero-order valence-corrected chi connectivity index (χ0v) is 26.9. The number of benzene rings is 4. The van der Waals surface area contributed by atoms with Crippen LogP contribution in [0.1, 0.15) is 22.3 Å². The fourth-order valence-electron chi connectivity index (χ4n) is 5.19. The Morgan fingerprint density at radius 2 is 0.886 bits per heavy atom. The van der Waals surface area contributed by atoms with E-state index < -0.39 is 39.0 Å². The van der Waals surface area contributed by atoms with E-state index >= 15 is 0 Å². The molecule has 0 N–H and O–H groups in total. The summed E-state index contributed by atoms with van der Waals surface area (Å²) in [4.78, 5) is 0. The molecule has 0 aromatic heterocycles. The molecule has 1 aliphatic heterocycles. The number of ether oxygens (including phenoxy) is 5. The molecule has 0 radical (unpaired) electrons. The smallest absolute Gasteiger partial charge is 0.187 e. The lowest BCUT2D eigenvalue weighted by atomic mass is 9.98. The van der Waals surface area contributed by atoms with Gasteiger partial charge in [-0.1, -0.05) is 121 Å². The normalized spacial score (nSPS) is 22.1. The van der Waals surface area contributed by atoms with Crippen molar-refractivity contribution in [2.45, 2.75) is 76.8 Å². The van der Waals surface area contributed by atoms with E-state index in [-0.39, 0.29) is 0 Å². The van der Waals surface area contributed by atoms with Crippen molar-refractivity contribution in [2.75, 3.05) is 6.61 Å². The summed E-state index contributed by atoms with van der Waals surface area (Å²) in [6.07, 6.45) is -2.58. The van der Waals surface area contributed by atoms with Gasteiger partial charge in [-0.25, -0.2) is 0 Å². The molecule has 0 saturated carbocycles. The standard InChI is InChI=1S/C37H44O6Si/c1-44(2,3)43-37-36(41-27-32-22-14-7-15-23-32)35(40-26-31-20-12-6-13-21-31)34(39-25-30-18-10-5-11-19-30)33(42-37)28-38-24-29-16-8-4-9-17-29/h4-23,33-37H,24-28H2,1-3H3/t33-,34-,35+,36-,37-/m1/s1. The Morgan fingerprint density at radius 3 is 1.32 bits per heavy atom. The summed E-state index contributed by atoms with van der Waals surface area (Å²) in [6, 6.07) is 40.6. The van der Waals surface area contributed by atoms with E-state index in [0.29, 0.717) is 33.0 Å². The number of hydrogen-bond acceptors (Lipinski definition) is 6. The quantitative estimate of drug-likeness (QED) is 0.129. The van der Waals surface area contributed by atoms with E-state index in [2.05, 4.69) is 68.2 Å². The van der Waals surface area contributed by atoms with Crippen LogP contribution in [-0.4, -0.2) is 45.6 Å². The van der Waals surface area contributed by atoms with Gasteiger partial charge in [-0.3, -0.25) is 0 Å². The van der Waals surface area contributed by atoms with Crippen molar-refractivity contribution in [1.29, 1.82) is 0 Å². The molecule has 1 heterocycles. The Hall–Kier alpha value is -3.14. The first-order valence-corrected chi connectivity index (χ1v) is 18.8. The summed E-state index contributed by atoms with van der Waals surface area (Å²) in [7, 11) is -2.06. The van der Waals surface area contributed by atoms with E-state index in [9.17, 15) is 0 Å². The molecule has 232 valence electrons. The van der Waals surface area contributed by atoms with E-state index in [0.717, 1.165) is 22.3 Å². The minimum atomic E-state index is -2.06. The van der Waals surface area contributed by atoms with E-state index in [1.165, 1.54) is 0 Å². The maximum Gasteiger partial charge on any atom is 0.187 e. The molecule has 0 amide bonds. The van der Waals surface area contributed by atoms with Crippen molar-refractivity contribution in [3.63, 3.8) is 0 Å². The highest BCUT2D eigenvalue weighted by Gasteiger charge is 2.50. The molecule has 0 aliphatic carbocycles. The summed E-state index contributed by atoms with van der Waals surface area (Å²) in [5, 5.41) is 0. The summed E-state index contributed by atoms with van der Waals surface area (Å²) in [5.74, 6) is 0. The van der Waals surface area contributed by atoms with Crippen LogP contribution in [0, 0.1) is 0 Å². The maximum atomic E-state index is 6.76. The molecule has 4 aromatic rings. The van der Waals surface area contributed by atoms with Gasteiger partial charge in [-0.05, 0) is 41.9 Å². The molecule has 5 rings (SSSR count). The van der Waals surface area contributed by atoms with Gasteiger partial charge < -0.3 is 28.1 Å². The van der Waals surface area contributed by atoms with E-state index in [1.807, 2.05) is 72.8 Å². The lowest BCUT2D eigenvalue weighted by molar-refractivity contribution is -0.312. The highest BCUT2D eigenvalue weighted by molar-refractivity contribution is 6.69. The van der Waals surface area contributed by atoms with Crippen LogP contribution in [0.4, 0.5) is 0 Å². The molecule has 1 saturated heterocycles. The predicted molar refractivity (Wildman–Crippen MR) is 174 cm³/mol. The third kappa shape index (κ3) is 9.94. The van der Waals surface area contributed by atoms with Gasteiger partial charge >= 0.3 is 0 Å². The Labute approximate surface area is 263 Å². The van der Waals surface area contributed by atoms with Crippen molar-refractivity contribution in [2.24, 2.45) is 0 Å². The largest absolute Gasteiger partial charge is 0.391 e. The lowest BCUT2D eigenvalue weighted by Crippen LogP contribution is -2.63. The van der Waals surface area contributed by atoms with E-state index in [1.54, 1.807) is 0 Å². The monoisotopic (exact) mass is 612 g/mol. The Morgan fingerprint density at radius 1 is 0.500 bits per heavy atom. The molecule has 0 bridgehead atoms. The van der Waals surface area contributed by atoms with Crippen LogP contribution in [-0.2, 0) is 54.5 Å². The van der Waals surface area contributed by atoms with Gasteiger partial charge in [0.15, 0.2) is 14.6 Å². The lowest BCUT2D eigenvalue weighted by Gasteiger charge is -2.47. The van der Waals surface area contributed by atoms with Gasteiger partial charge in [-0.2, -0.15) is 0 Å². The van der Waals surface area contributed by atoms with Gasteiger partial charge in [0.2, 0.25) is 0 Å². The molecule has 6 nitrogen and oxygen atoms in total. The minimum absolute atomic E-state index is 0.316. The zero-order valence-electron chi connectivity index (χ0n) is 25.9. The maximum absolute atomic E-state index is 6.76. The summed E-state index contributed by atoms with van der Waals surface area (Å²) in [6.45, 7) is 8.45. The average molecular weight is 613 g/mol.